The summed E-state index contributed by atoms with van der Waals surface area (Å²) < 4.78 is 0. The van der Waals surface area contributed by atoms with Gasteiger partial charge in [0.05, 0.1) is 0 Å². The molecule has 1 heterocycles. The van der Waals surface area contributed by atoms with Crippen LogP contribution in [0.3, 0.4) is 0 Å². The molecule has 0 amide bonds. The SMILES string of the molecule is Cc1cc(C=O)ccc1-c1cnc([N+](=O)[O-])[nH]1. The Labute approximate surface area is 96.5 Å². The molecule has 0 saturated carbocycles. The Hall–Kier alpha value is -2.50. The van der Waals surface area contributed by atoms with Crippen LogP contribution in [0.25, 0.3) is 11.3 Å². The van der Waals surface area contributed by atoms with Crippen LogP contribution < -0.4 is 0 Å². The van der Waals surface area contributed by atoms with E-state index in [0.29, 0.717) is 11.3 Å². The van der Waals surface area contributed by atoms with E-state index >= 15 is 0 Å². The molecule has 0 aliphatic heterocycles. The highest BCUT2D eigenvalue weighted by Crippen LogP contribution is 2.23. The van der Waals surface area contributed by atoms with Gasteiger partial charge in [0.2, 0.25) is 0 Å². The molecule has 6 nitrogen and oxygen atoms in total. The number of H-pyrrole nitrogens is 1. The molecule has 0 unspecified atom stereocenters. The summed E-state index contributed by atoms with van der Waals surface area (Å²) in [6.45, 7) is 1.83. The highest BCUT2D eigenvalue weighted by molar-refractivity contribution is 5.77. The monoisotopic (exact) mass is 231 g/mol. The van der Waals surface area contributed by atoms with Gasteiger partial charge in [-0.1, -0.05) is 17.1 Å². The molecule has 17 heavy (non-hydrogen) atoms. The normalized spacial score (nSPS) is 10.2. The van der Waals surface area contributed by atoms with E-state index in [4.69, 9.17) is 0 Å². The van der Waals surface area contributed by atoms with E-state index in [9.17, 15) is 14.9 Å². The maximum absolute atomic E-state index is 10.6. The Morgan fingerprint density at radius 3 is 2.76 bits per heavy atom. The van der Waals surface area contributed by atoms with Crippen LogP contribution in [0.5, 0.6) is 0 Å². The van der Waals surface area contributed by atoms with Crippen molar-refractivity contribution in [1.82, 2.24) is 9.97 Å². The third-order valence-electron chi connectivity index (χ3n) is 2.41. The first-order valence-electron chi connectivity index (χ1n) is 4.87. The molecule has 0 aliphatic carbocycles. The van der Waals surface area contributed by atoms with E-state index in [0.717, 1.165) is 17.4 Å². The molecule has 0 radical (unpaired) electrons. The third kappa shape index (κ3) is 2.05. The summed E-state index contributed by atoms with van der Waals surface area (Å²) in [4.78, 5) is 26.8. The summed E-state index contributed by atoms with van der Waals surface area (Å²) >= 11 is 0. The Balaban J connectivity index is 2.45. The molecule has 1 N–H and O–H groups in total. The van der Waals surface area contributed by atoms with Gasteiger partial charge in [0.15, 0.2) is 0 Å². The van der Waals surface area contributed by atoms with Crippen molar-refractivity contribution in [3.63, 3.8) is 0 Å². The number of imidazole rings is 1. The first kappa shape index (κ1) is 11.0. The van der Waals surface area contributed by atoms with Crippen LogP contribution in [0.4, 0.5) is 5.95 Å². The summed E-state index contributed by atoms with van der Waals surface area (Å²) in [5, 5.41) is 10.5. The number of carbonyl (C=O) groups is 1. The van der Waals surface area contributed by atoms with Crippen molar-refractivity contribution in [1.29, 1.82) is 0 Å². The maximum atomic E-state index is 10.6. The van der Waals surface area contributed by atoms with Crippen molar-refractivity contribution in [2.24, 2.45) is 0 Å². The van der Waals surface area contributed by atoms with Crippen molar-refractivity contribution in [3.8, 4) is 11.3 Å². The number of aryl methyl sites for hydroxylation is 1. The second-order valence-corrected chi connectivity index (χ2v) is 3.57. The van der Waals surface area contributed by atoms with Crippen LogP contribution in [0.15, 0.2) is 24.4 Å². The summed E-state index contributed by atoms with van der Waals surface area (Å²) in [5.74, 6) is -0.293. The topological polar surface area (TPSA) is 88.9 Å². The van der Waals surface area contributed by atoms with Gasteiger partial charge >= 0.3 is 5.95 Å². The molecule has 6 heteroatoms. The van der Waals surface area contributed by atoms with E-state index in [-0.39, 0.29) is 5.95 Å². The van der Waals surface area contributed by atoms with Crippen molar-refractivity contribution in [2.45, 2.75) is 6.92 Å². The largest absolute Gasteiger partial charge is 0.432 e. The van der Waals surface area contributed by atoms with Gasteiger partial charge in [0.1, 0.15) is 18.2 Å². The lowest BCUT2D eigenvalue weighted by atomic mass is 10.0. The first-order valence-corrected chi connectivity index (χ1v) is 4.87. The van der Waals surface area contributed by atoms with Gasteiger partial charge in [-0.25, -0.2) is 4.98 Å². The average molecular weight is 231 g/mol. The zero-order valence-electron chi connectivity index (χ0n) is 9.01. The quantitative estimate of drug-likeness (QED) is 0.497. The maximum Gasteiger partial charge on any atom is 0.432 e. The predicted octanol–water partition coefficient (Wildman–Crippen LogP) is 2.11. The van der Waals surface area contributed by atoms with Gasteiger partial charge < -0.3 is 10.1 Å². The molecule has 2 rings (SSSR count). The molecular weight excluding hydrogens is 222 g/mol. The van der Waals surface area contributed by atoms with Crippen molar-refractivity contribution in [3.05, 3.63) is 45.6 Å². The number of nitro groups is 1. The van der Waals surface area contributed by atoms with Gasteiger partial charge in [0.25, 0.3) is 0 Å². The average Bonchev–Trinajstić information content (AvgIpc) is 2.78. The lowest BCUT2D eigenvalue weighted by molar-refractivity contribution is -0.393. The number of aldehydes is 1. The van der Waals surface area contributed by atoms with Crippen LogP contribution >= 0.6 is 0 Å². The van der Waals surface area contributed by atoms with E-state index < -0.39 is 4.92 Å². The molecule has 1 aromatic carbocycles. The van der Waals surface area contributed by atoms with Gasteiger partial charge in [0, 0.05) is 11.1 Å². The number of carbonyl (C=O) groups excluding carboxylic acids is 1. The Kier molecular flexibility index (Phi) is 2.70. The molecular formula is C11H9N3O3. The number of aromatic amines is 1. The molecule has 0 fully saturated rings. The zero-order chi connectivity index (χ0) is 12.4. The van der Waals surface area contributed by atoms with E-state index in [1.54, 1.807) is 18.2 Å². The lowest BCUT2D eigenvalue weighted by Crippen LogP contribution is -1.90. The smallest absolute Gasteiger partial charge is 0.390 e. The van der Waals surface area contributed by atoms with Gasteiger partial charge in [-0.05, 0) is 23.5 Å². The van der Waals surface area contributed by atoms with Gasteiger partial charge in [-0.3, -0.25) is 4.79 Å². The van der Waals surface area contributed by atoms with Crippen molar-refractivity contribution < 1.29 is 9.72 Å². The minimum Gasteiger partial charge on any atom is -0.390 e. The lowest BCUT2D eigenvalue weighted by Gasteiger charge is -2.01. The van der Waals surface area contributed by atoms with Crippen LogP contribution in [0.2, 0.25) is 0 Å². The van der Waals surface area contributed by atoms with Gasteiger partial charge in [-0.15, -0.1) is 0 Å². The molecule has 0 aliphatic rings. The minimum absolute atomic E-state index is 0.293. The van der Waals surface area contributed by atoms with Crippen LogP contribution in [0.1, 0.15) is 15.9 Å². The fraction of sp³-hybridized carbons (Fsp3) is 0.0909. The number of aromatic nitrogens is 2. The van der Waals surface area contributed by atoms with E-state index in [1.807, 2.05) is 6.92 Å². The molecule has 0 bridgehead atoms. The summed E-state index contributed by atoms with van der Waals surface area (Å²) in [5.41, 5.74) is 2.77. The molecule has 2 aromatic rings. The van der Waals surface area contributed by atoms with Crippen LogP contribution in [-0.2, 0) is 0 Å². The van der Waals surface area contributed by atoms with Crippen LogP contribution in [-0.4, -0.2) is 21.2 Å². The number of hydrogen-bond acceptors (Lipinski definition) is 4. The molecule has 0 atom stereocenters. The molecule has 86 valence electrons. The second kappa shape index (κ2) is 4.17. The van der Waals surface area contributed by atoms with E-state index in [2.05, 4.69) is 9.97 Å². The summed E-state index contributed by atoms with van der Waals surface area (Å²) in [7, 11) is 0. The van der Waals surface area contributed by atoms with Crippen LogP contribution in [0, 0.1) is 17.0 Å². The number of nitrogens with one attached hydrogen (secondary N) is 1. The number of benzene rings is 1. The van der Waals surface area contributed by atoms with E-state index in [1.165, 1.54) is 6.20 Å². The first-order chi connectivity index (χ1) is 8.11. The molecule has 1 aromatic heterocycles. The fourth-order valence-corrected chi connectivity index (χ4v) is 1.60. The highest BCUT2D eigenvalue weighted by Gasteiger charge is 2.14. The molecule has 0 spiro atoms. The molecule has 0 saturated heterocycles. The zero-order valence-corrected chi connectivity index (χ0v) is 9.01. The Bertz CT molecular complexity index is 589. The number of nitrogens with zero attached hydrogens (tertiary/aromatic N) is 2. The highest BCUT2D eigenvalue weighted by atomic mass is 16.6. The minimum atomic E-state index is -0.585. The number of rotatable bonds is 3. The standard InChI is InChI=1S/C11H9N3O3/c1-7-4-8(6-15)2-3-9(7)10-5-12-11(13-10)14(16)17/h2-6H,1H3,(H,12,13). The second-order valence-electron chi connectivity index (χ2n) is 3.57. The van der Waals surface area contributed by atoms with Gasteiger partial charge in [-0.2, -0.15) is 0 Å². The summed E-state index contributed by atoms with van der Waals surface area (Å²) in [6.07, 6.45) is 2.16. The third-order valence-corrected chi connectivity index (χ3v) is 2.41. The van der Waals surface area contributed by atoms with Crippen molar-refractivity contribution >= 4 is 12.2 Å². The fourth-order valence-electron chi connectivity index (χ4n) is 1.60. The van der Waals surface area contributed by atoms with Crippen molar-refractivity contribution in [2.75, 3.05) is 0 Å². The number of hydrogen-bond donors (Lipinski definition) is 1. The Morgan fingerprint density at radius 1 is 1.47 bits per heavy atom. The Morgan fingerprint density at radius 2 is 2.24 bits per heavy atom. The summed E-state index contributed by atoms with van der Waals surface area (Å²) in [6, 6.07) is 5.10. The predicted molar refractivity (Wildman–Crippen MR) is 60.8 cm³/mol.